The van der Waals surface area contributed by atoms with Crippen molar-refractivity contribution in [3.8, 4) is 11.5 Å². The van der Waals surface area contributed by atoms with Gasteiger partial charge >= 0.3 is 0 Å². The fourth-order valence-corrected chi connectivity index (χ4v) is 4.70. The van der Waals surface area contributed by atoms with Crippen molar-refractivity contribution in [1.82, 2.24) is 9.21 Å². The second-order valence-electron chi connectivity index (χ2n) is 8.13. The molecule has 1 fully saturated rings. The molecule has 1 aliphatic heterocycles. The van der Waals surface area contributed by atoms with Crippen molar-refractivity contribution < 1.29 is 27.5 Å². The summed E-state index contributed by atoms with van der Waals surface area (Å²) < 4.78 is 37.5. The Morgan fingerprint density at radius 1 is 1.06 bits per heavy atom. The molecule has 2 aromatic rings. The van der Waals surface area contributed by atoms with Gasteiger partial charge in [-0.3, -0.25) is 9.59 Å². The van der Waals surface area contributed by atoms with E-state index in [2.05, 4.69) is 5.32 Å². The Hall–Kier alpha value is -3.11. The molecule has 0 aromatic heterocycles. The topological polar surface area (TPSA) is 105 Å². The van der Waals surface area contributed by atoms with Crippen LogP contribution in [-0.4, -0.2) is 69.8 Å². The minimum Gasteiger partial charge on any atom is -0.492 e. The fraction of sp³-hybridized carbons (Fsp3) is 0.417. The van der Waals surface area contributed by atoms with Gasteiger partial charge in [0.25, 0.3) is 5.91 Å². The molecule has 1 N–H and O–H groups in total. The van der Waals surface area contributed by atoms with Gasteiger partial charge in [0.2, 0.25) is 15.9 Å². The Morgan fingerprint density at radius 3 is 2.35 bits per heavy atom. The first-order chi connectivity index (χ1) is 16.2. The van der Waals surface area contributed by atoms with Gasteiger partial charge < -0.3 is 19.7 Å². The molecule has 0 radical (unpaired) electrons. The van der Waals surface area contributed by atoms with Gasteiger partial charge in [0.15, 0.2) is 6.61 Å². The van der Waals surface area contributed by atoms with Crippen LogP contribution in [-0.2, 0) is 19.6 Å². The number of sulfonamides is 1. The molecule has 2 aromatic carbocycles. The summed E-state index contributed by atoms with van der Waals surface area (Å²) in [7, 11) is -0.873. The number of carbonyl (C=O) groups is 2. The molecular formula is C24H31N3O6S. The highest BCUT2D eigenvalue weighted by molar-refractivity contribution is 7.89. The Bertz CT molecular complexity index is 1100. The maximum Gasteiger partial charge on any atom is 0.260 e. The number of nitrogens with zero attached hydrogens (tertiary/aromatic N) is 2. The van der Waals surface area contributed by atoms with Crippen LogP contribution in [0.2, 0.25) is 0 Å². The average molecular weight is 490 g/mol. The highest BCUT2D eigenvalue weighted by Gasteiger charge is 2.28. The zero-order chi connectivity index (χ0) is 24.7. The second kappa shape index (κ2) is 11.3. The maximum absolute atomic E-state index is 12.8. The van der Waals surface area contributed by atoms with Gasteiger partial charge in [-0.05, 0) is 50.1 Å². The number of carbonyl (C=O) groups excluding carboxylic acids is 2. The van der Waals surface area contributed by atoms with E-state index in [1.54, 1.807) is 36.1 Å². The third-order valence-corrected chi connectivity index (χ3v) is 7.43. The first kappa shape index (κ1) is 25.5. The SMILES string of the molecule is CCOc1ccc(NC(=O)C2CCN(C(=O)COc3ccccc3)CC2)cc1S(=O)(=O)N(C)C. The van der Waals surface area contributed by atoms with Crippen LogP contribution in [0.1, 0.15) is 19.8 Å². The number of hydrogen-bond donors (Lipinski definition) is 1. The molecule has 184 valence electrons. The predicted molar refractivity (Wildman–Crippen MR) is 128 cm³/mol. The third kappa shape index (κ3) is 6.27. The fourth-order valence-electron chi connectivity index (χ4n) is 3.65. The number of amides is 2. The summed E-state index contributed by atoms with van der Waals surface area (Å²) in [5.74, 6) is 0.271. The van der Waals surface area contributed by atoms with Crippen LogP contribution in [0.15, 0.2) is 53.4 Å². The van der Waals surface area contributed by atoms with Gasteiger partial charge in [0.05, 0.1) is 6.61 Å². The number of rotatable bonds is 9. The van der Waals surface area contributed by atoms with Crippen LogP contribution in [0, 0.1) is 5.92 Å². The van der Waals surface area contributed by atoms with Crippen LogP contribution in [0.4, 0.5) is 5.69 Å². The smallest absolute Gasteiger partial charge is 0.260 e. The van der Waals surface area contributed by atoms with E-state index in [4.69, 9.17) is 9.47 Å². The molecule has 34 heavy (non-hydrogen) atoms. The number of para-hydroxylation sites is 1. The molecule has 9 nitrogen and oxygen atoms in total. The maximum atomic E-state index is 12.8. The number of likely N-dealkylation sites (tertiary alicyclic amines) is 1. The summed E-state index contributed by atoms with van der Waals surface area (Å²) in [5.41, 5.74) is 0.378. The highest BCUT2D eigenvalue weighted by atomic mass is 32.2. The number of hydrogen-bond acceptors (Lipinski definition) is 6. The molecule has 2 amide bonds. The molecule has 0 unspecified atom stereocenters. The number of anilines is 1. The number of ether oxygens (including phenoxy) is 2. The molecule has 3 rings (SSSR count). The zero-order valence-electron chi connectivity index (χ0n) is 19.7. The van der Waals surface area contributed by atoms with Crippen LogP contribution < -0.4 is 14.8 Å². The van der Waals surface area contributed by atoms with E-state index in [0.29, 0.717) is 44.0 Å². The quantitative estimate of drug-likeness (QED) is 0.581. The molecule has 0 saturated carbocycles. The standard InChI is InChI=1S/C24H31N3O6S/c1-4-32-21-11-10-19(16-22(21)34(30,31)26(2)3)25-24(29)18-12-14-27(15-13-18)23(28)17-33-20-8-6-5-7-9-20/h5-11,16,18H,4,12-15,17H2,1-3H3,(H,25,29). The Balaban J connectivity index is 1.58. The van der Waals surface area contributed by atoms with Crippen LogP contribution in [0.3, 0.4) is 0 Å². The first-order valence-electron chi connectivity index (χ1n) is 11.2. The summed E-state index contributed by atoms with van der Waals surface area (Å²) in [6.45, 7) is 2.95. The lowest BCUT2D eigenvalue weighted by atomic mass is 9.95. The summed E-state index contributed by atoms with van der Waals surface area (Å²) in [6.07, 6.45) is 1.03. The predicted octanol–water partition coefficient (Wildman–Crippen LogP) is 2.59. The van der Waals surface area contributed by atoms with Gasteiger partial charge in [0.1, 0.15) is 16.4 Å². The zero-order valence-corrected chi connectivity index (χ0v) is 20.5. The Labute approximate surface area is 200 Å². The third-order valence-electron chi connectivity index (χ3n) is 5.59. The van der Waals surface area contributed by atoms with Crippen LogP contribution in [0.25, 0.3) is 0 Å². The minimum absolute atomic E-state index is 0.00372. The summed E-state index contributed by atoms with van der Waals surface area (Å²) in [4.78, 5) is 27.0. The lowest BCUT2D eigenvalue weighted by Gasteiger charge is -2.31. The van der Waals surface area contributed by atoms with E-state index in [1.165, 1.54) is 20.2 Å². The van der Waals surface area contributed by atoms with Crippen molar-refractivity contribution in [1.29, 1.82) is 0 Å². The summed E-state index contributed by atoms with van der Waals surface area (Å²) >= 11 is 0. The Kier molecular flexibility index (Phi) is 8.51. The van der Waals surface area contributed by atoms with Crippen LogP contribution in [0.5, 0.6) is 11.5 Å². The van der Waals surface area contributed by atoms with Crippen molar-refractivity contribution in [2.45, 2.75) is 24.7 Å². The number of benzene rings is 2. The van der Waals surface area contributed by atoms with Gasteiger partial charge in [-0.1, -0.05) is 18.2 Å². The number of nitrogens with one attached hydrogen (secondary N) is 1. The van der Waals surface area contributed by atoms with E-state index < -0.39 is 10.0 Å². The van der Waals surface area contributed by atoms with Gasteiger partial charge in [-0.25, -0.2) is 12.7 Å². The van der Waals surface area contributed by atoms with Gasteiger partial charge in [-0.15, -0.1) is 0 Å². The average Bonchev–Trinajstić information content (AvgIpc) is 2.84. The second-order valence-corrected chi connectivity index (χ2v) is 10.2. The van der Waals surface area contributed by atoms with E-state index >= 15 is 0 Å². The molecular weight excluding hydrogens is 458 g/mol. The summed E-state index contributed by atoms with van der Waals surface area (Å²) in [6, 6.07) is 13.7. The minimum atomic E-state index is -3.75. The molecule has 1 saturated heterocycles. The number of piperidine rings is 1. The van der Waals surface area contributed by atoms with Crippen LogP contribution >= 0.6 is 0 Å². The molecule has 1 aliphatic rings. The largest absolute Gasteiger partial charge is 0.492 e. The molecule has 0 spiro atoms. The Morgan fingerprint density at radius 2 is 1.74 bits per heavy atom. The van der Waals surface area contributed by atoms with E-state index in [-0.39, 0.29) is 35.0 Å². The summed E-state index contributed by atoms with van der Waals surface area (Å²) in [5, 5.41) is 2.82. The van der Waals surface area contributed by atoms with E-state index in [9.17, 15) is 18.0 Å². The van der Waals surface area contributed by atoms with Crippen molar-refractivity contribution >= 4 is 27.5 Å². The van der Waals surface area contributed by atoms with Crippen molar-refractivity contribution in [2.24, 2.45) is 5.92 Å². The lowest BCUT2D eigenvalue weighted by molar-refractivity contribution is -0.136. The lowest BCUT2D eigenvalue weighted by Crippen LogP contribution is -2.43. The molecule has 10 heteroatoms. The normalized spacial score (nSPS) is 14.6. The van der Waals surface area contributed by atoms with Crippen molar-refractivity contribution in [3.63, 3.8) is 0 Å². The monoisotopic (exact) mass is 489 g/mol. The van der Waals surface area contributed by atoms with Crippen molar-refractivity contribution in [3.05, 3.63) is 48.5 Å². The molecule has 0 atom stereocenters. The molecule has 0 bridgehead atoms. The van der Waals surface area contributed by atoms with Gasteiger partial charge in [-0.2, -0.15) is 0 Å². The first-order valence-corrected chi connectivity index (χ1v) is 12.6. The van der Waals surface area contributed by atoms with Crippen molar-refractivity contribution in [2.75, 3.05) is 45.7 Å². The van der Waals surface area contributed by atoms with Gasteiger partial charge in [0, 0.05) is 38.8 Å². The molecule has 1 heterocycles. The highest BCUT2D eigenvalue weighted by Crippen LogP contribution is 2.30. The van der Waals surface area contributed by atoms with E-state index in [0.717, 1.165) is 4.31 Å². The van der Waals surface area contributed by atoms with E-state index in [1.807, 2.05) is 18.2 Å². The molecule has 0 aliphatic carbocycles.